The van der Waals surface area contributed by atoms with E-state index in [4.69, 9.17) is 70.3 Å². The number of aromatic hydroxyl groups is 1. The van der Waals surface area contributed by atoms with Crippen LogP contribution in [-0.2, 0) is 49.6 Å². The van der Waals surface area contributed by atoms with Gasteiger partial charge in [0.05, 0.1) is 117 Å². The number of amides is 1. The summed E-state index contributed by atoms with van der Waals surface area (Å²) in [5.41, 5.74) is 18.6. The molecule has 0 bridgehead atoms. The fourth-order valence-corrected chi connectivity index (χ4v) is 11.5. The molecule has 0 saturated carbocycles. The third kappa shape index (κ3) is 16.7. The average Bonchev–Trinajstić information content (AvgIpc) is 2.07. The smallest absolute Gasteiger partial charge is 0.229 e. The summed E-state index contributed by atoms with van der Waals surface area (Å²) in [5.74, 6) is 1.82. The maximum Gasteiger partial charge on any atom is 0.229 e. The number of nitrogens with one attached hydrogen (secondary N) is 1. The number of rotatable bonds is 22. The SMILES string of the molecule is Cc1nc(NC(=O)CCOCCOCCOCCOCCN)sc1-c1ccc(Cl)c(S(C)(=O)=O)c1.NCc1ccc(-c2cccc3c(=O)cc(N4CCOCC4)oc23)cc1.Oc1cccc(-c2nc(N3CCOCC3)c3oc4ncccc4c3n2)c1. The Morgan fingerprint density at radius 1 is 0.721 bits per heavy atom. The zero-order valence-corrected chi connectivity index (χ0v) is 50.1. The largest absolute Gasteiger partial charge is 0.508 e. The molecule has 2 saturated heterocycles. The number of nitrogens with zero attached hydrogens (tertiary/aromatic N) is 6. The van der Waals surface area contributed by atoms with Gasteiger partial charge in [-0.15, -0.1) is 0 Å². The Morgan fingerprint density at radius 2 is 1.37 bits per heavy atom. The molecule has 0 radical (unpaired) electrons. The molecule has 1 amide bonds. The summed E-state index contributed by atoms with van der Waals surface area (Å²) in [7, 11) is -3.47. The minimum absolute atomic E-state index is 0.0248. The number of hydrogen-bond donors (Lipinski definition) is 4. The number of phenols is 1. The lowest BCUT2D eigenvalue weighted by Crippen LogP contribution is -2.37. The van der Waals surface area contributed by atoms with Gasteiger partial charge in [0, 0.05) is 68.9 Å². The van der Waals surface area contributed by atoms with Crippen molar-refractivity contribution in [1.29, 1.82) is 0 Å². The number of hydrogen-bond acceptors (Lipinski definition) is 22. The normalized spacial score (nSPS) is 13.6. The quantitative estimate of drug-likeness (QED) is 0.0464. The van der Waals surface area contributed by atoms with Gasteiger partial charge in [-0.3, -0.25) is 9.59 Å². The molecule has 2 aliphatic heterocycles. The summed E-state index contributed by atoms with van der Waals surface area (Å²) in [6, 6.07) is 30.8. The van der Waals surface area contributed by atoms with Gasteiger partial charge in [-0.25, -0.2) is 28.4 Å². The predicted octanol–water partition coefficient (Wildman–Crippen LogP) is 8.26. The minimum Gasteiger partial charge on any atom is -0.508 e. The molecule has 11 rings (SSSR count). The fraction of sp³-hybridized carbons (Fsp3) is 0.344. The molecule has 2 fully saturated rings. The molecule has 454 valence electrons. The Labute approximate surface area is 505 Å². The maximum atomic E-state index is 12.6. The number of carbonyl (C=O) groups excluding carboxylic acids is 1. The number of ether oxygens (including phenoxy) is 6. The molecule has 0 atom stereocenters. The zero-order chi connectivity index (χ0) is 60.4. The number of sulfone groups is 1. The molecule has 0 spiro atoms. The van der Waals surface area contributed by atoms with Gasteiger partial charge in [0.2, 0.25) is 11.6 Å². The number of para-hydroxylation sites is 1. The first-order valence-electron chi connectivity index (χ1n) is 27.9. The number of fused-ring (bicyclic) bond motifs is 4. The number of nitrogens with two attached hydrogens (primary N) is 2. The number of halogens is 1. The van der Waals surface area contributed by atoms with E-state index in [-0.39, 0.29) is 40.0 Å². The Bertz CT molecular complexity index is 3890. The van der Waals surface area contributed by atoms with Crippen molar-refractivity contribution in [3.05, 3.63) is 136 Å². The van der Waals surface area contributed by atoms with Crippen LogP contribution in [0.1, 0.15) is 17.7 Å². The monoisotopic (exact) mass is 1230 g/mol. The summed E-state index contributed by atoms with van der Waals surface area (Å²) in [6.07, 6.45) is 2.97. The van der Waals surface area contributed by atoms with Crippen LogP contribution in [0, 0.1) is 6.92 Å². The Morgan fingerprint density at radius 3 is 2.05 bits per heavy atom. The van der Waals surface area contributed by atoms with Gasteiger partial charge < -0.3 is 68.9 Å². The number of furan rings is 1. The molecular formula is C61H68ClN9O13S2. The highest BCUT2D eigenvalue weighted by Gasteiger charge is 2.24. The number of benzene rings is 4. The van der Waals surface area contributed by atoms with Crippen LogP contribution < -0.4 is 32.0 Å². The van der Waals surface area contributed by atoms with Crippen LogP contribution in [0.3, 0.4) is 0 Å². The molecular weight excluding hydrogens is 1170 g/mol. The van der Waals surface area contributed by atoms with E-state index < -0.39 is 9.84 Å². The van der Waals surface area contributed by atoms with Crippen molar-refractivity contribution in [2.24, 2.45) is 11.5 Å². The van der Waals surface area contributed by atoms with Gasteiger partial charge in [-0.2, -0.15) is 0 Å². The van der Waals surface area contributed by atoms with Crippen molar-refractivity contribution >= 4 is 88.7 Å². The van der Waals surface area contributed by atoms with Crippen LogP contribution in [0.4, 0.5) is 16.8 Å². The van der Waals surface area contributed by atoms with Crippen molar-refractivity contribution in [1.82, 2.24) is 19.9 Å². The van der Waals surface area contributed by atoms with Crippen molar-refractivity contribution in [2.75, 3.05) is 133 Å². The number of aromatic nitrogens is 4. The highest BCUT2D eigenvalue weighted by atomic mass is 35.5. The summed E-state index contributed by atoms with van der Waals surface area (Å²) in [6.45, 7) is 11.7. The fourth-order valence-electron chi connectivity index (χ4n) is 9.22. The van der Waals surface area contributed by atoms with Crippen LogP contribution in [0.2, 0.25) is 5.02 Å². The molecule has 25 heteroatoms. The highest BCUT2D eigenvalue weighted by molar-refractivity contribution is 7.90. The Balaban J connectivity index is 0.000000157. The second-order valence-electron chi connectivity index (χ2n) is 19.7. The van der Waals surface area contributed by atoms with Gasteiger partial charge >= 0.3 is 0 Å². The molecule has 2 aliphatic rings. The van der Waals surface area contributed by atoms with E-state index in [1.54, 1.807) is 49.5 Å². The number of morpholine rings is 2. The van der Waals surface area contributed by atoms with Gasteiger partial charge in [-0.1, -0.05) is 77.5 Å². The van der Waals surface area contributed by atoms with Crippen LogP contribution in [0.25, 0.3) is 66.1 Å². The predicted molar refractivity (Wildman–Crippen MR) is 332 cm³/mol. The molecule has 5 aromatic heterocycles. The lowest BCUT2D eigenvalue weighted by Gasteiger charge is -2.27. The number of anilines is 3. The standard InChI is InChI=1S/C22H32ClN3O7S2.C20H20N2O3.C19H16N4O3/c1-16-21(17-3-4-18(23)19(15-17)35(2,28)29)34-22(25-16)26-20(27)5-7-30-9-11-32-13-14-33-12-10-31-8-6-24;21-13-14-4-6-15(7-5-14)16-2-1-3-17-18(23)12-19(25-20(16)17)22-8-10-24-11-9-22;24-13-4-1-3-12(11-13)17-21-15-14-5-2-6-20-19(14)26-16(15)18(22-17)23-7-9-25-10-8-23/h3-4,15H,5-14,24H2,1-2H3,(H,25,26,27);1-7,12H,8-11,13,21H2;1-6,11,24H,7-10H2. The lowest BCUT2D eigenvalue weighted by atomic mass is 10.0. The number of thiazole rings is 1. The Kier molecular flexibility index (Phi) is 22.5. The van der Waals surface area contributed by atoms with Crippen LogP contribution in [0.5, 0.6) is 5.75 Å². The van der Waals surface area contributed by atoms with E-state index >= 15 is 0 Å². The first kappa shape index (κ1) is 63.1. The molecule has 0 unspecified atom stereocenters. The maximum absolute atomic E-state index is 12.6. The van der Waals surface area contributed by atoms with Crippen molar-refractivity contribution in [3.8, 4) is 38.7 Å². The van der Waals surface area contributed by atoms with E-state index in [0.717, 1.165) is 76.3 Å². The van der Waals surface area contributed by atoms with Crippen molar-refractivity contribution in [3.63, 3.8) is 0 Å². The molecule has 22 nitrogen and oxygen atoms in total. The lowest BCUT2D eigenvalue weighted by molar-refractivity contribution is -0.117. The summed E-state index contributed by atoms with van der Waals surface area (Å²) in [5, 5.41) is 14.6. The van der Waals surface area contributed by atoms with Crippen molar-refractivity contribution in [2.45, 2.75) is 24.8 Å². The topological polar surface area (TPSA) is 292 Å². The van der Waals surface area contributed by atoms with Crippen LogP contribution in [-0.4, -0.2) is 158 Å². The molecule has 86 heavy (non-hydrogen) atoms. The van der Waals surface area contributed by atoms with Gasteiger partial charge in [0.15, 0.2) is 43.5 Å². The van der Waals surface area contributed by atoms with Gasteiger partial charge in [0.25, 0.3) is 0 Å². The molecule has 0 aliphatic carbocycles. The summed E-state index contributed by atoms with van der Waals surface area (Å²) in [4.78, 5) is 48.0. The average molecular weight is 1230 g/mol. The third-order valence-corrected chi connectivity index (χ3v) is 16.2. The van der Waals surface area contributed by atoms with E-state index in [1.165, 1.54) is 17.4 Å². The van der Waals surface area contributed by atoms with Crippen molar-refractivity contribution < 1.29 is 55.6 Å². The third-order valence-electron chi connectivity index (χ3n) is 13.5. The molecule has 6 N–H and O–H groups in total. The van der Waals surface area contributed by atoms with Gasteiger partial charge in [-0.05, 0) is 66.1 Å². The second-order valence-corrected chi connectivity index (χ2v) is 23.1. The first-order chi connectivity index (χ1) is 41.8. The molecule has 7 heterocycles. The summed E-state index contributed by atoms with van der Waals surface area (Å²) >= 11 is 7.29. The number of carbonyl (C=O) groups is 1. The Hall–Kier alpha value is -7.46. The second kappa shape index (κ2) is 30.8. The highest BCUT2D eigenvalue weighted by Crippen LogP contribution is 2.37. The van der Waals surface area contributed by atoms with E-state index in [2.05, 4.69) is 25.1 Å². The van der Waals surface area contributed by atoms with Crippen LogP contribution >= 0.6 is 22.9 Å². The molecule has 4 aromatic carbocycles. The van der Waals surface area contributed by atoms with E-state index in [0.29, 0.717) is 136 Å². The van der Waals surface area contributed by atoms with E-state index in [1.807, 2.05) is 60.7 Å². The zero-order valence-electron chi connectivity index (χ0n) is 47.7. The molecule has 9 aromatic rings. The van der Waals surface area contributed by atoms with E-state index in [9.17, 15) is 23.1 Å². The number of phenolic OH excluding ortho intramolecular Hbond substituents is 1. The minimum atomic E-state index is -3.47. The van der Waals surface area contributed by atoms with Crippen LogP contribution in [0.15, 0.2) is 128 Å². The number of aryl methyl sites for hydroxylation is 1. The van der Waals surface area contributed by atoms with Gasteiger partial charge in [0.1, 0.15) is 16.8 Å². The first-order valence-corrected chi connectivity index (χ1v) is 31.0. The summed E-state index contributed by atoms with van der Waals surface area (Å²) < 4.78 is 68.2. The number of pyridine rings is 1.